The van der Waals surface area contributed by atoms with Crippen molar-refractivity contribution in [2.45, 2.75) is 37.1 Å². The summed E-state index contributed by atoms with van der Waals surface area (Å²) >= 11 is 1.54. The highest BCUT2D eigenvalue weighted by molar-refractivity contribution is 7.98. The van der Waals surface area contributed by atoms with Gasteiger partial charge in [0.25, 0.3) is 0 Å². The summed E-state index contributed by atoms with van der Waals surface area (Å²) in [5.74, 6) is -0.508. The van der Waals surface area contributed by atoms with E-state index in [0.717, 1.165) is 23.4 Å². The van der Waals surface area contributed by atoms with Crippen LogP contribution < -0.4 is 16.4 Å². The average molecular weight is 295 g/mol. The van der Waals surface area contributed by atoms with Crippen LogP contribution in [0.1, 0.15) is 26.2 Å². The van der Waals surface area contributed by atoms with E-state index in [0.29, 0.717) is 6.42 Å². The van der Waals surface area contributed by atoms with Crippen LogP contribution in [-0.2, 0) is 4.79 Å². The van der Waals surface area contributed by atoms with Gasteiger partial charge in [0, 0.05) is 4.90 Å². The van der Waals surface area contributed by atoms with Crippen molar-refractivity contribution in [2.24, 2.45) is 5.73 Å². The minimum Gasteiger partial charge on any atom is -0.368 e. The highest BCUT2D eigenvalue weighted by Gasteiger charge is 2.17. The van der Waals surface area contributed by atoms with Crippen molar-refractivity contribution in [3.8, 4) is 0 Å². The van der Waals surface area contributed by atoms with Gasteiger partial charge in [-0.1, -0.05) is 31.9 Å². The highest BCUT2D eigenvalue weighted by atomic mass is 32.2. The highest BCUT2D eigenvalue weighted by Crippen LogP contribution is 2.24. The van der Waals surface area contributed by atoms with Crippen molar-refractivity contribution >= 4 is 29.4 Å². The Morgan fingerprint density at radius 3 is 2.65 bits per heavy atom. The minimum absolute atomic E-state index is 0.411. The number of rotatable bonds is 7. The fraction of sp³-hybridized carbons (Fsp3) is 0.429. The van der Waals surface area contributed by atoms with Crippen LogP contribution in [0.2, 0.25) is 0 Å². The largest absolute Gasteiger partial charge is 0.368 e. The molecule has 0 saturated carbocycles. The first-order valence-electron chi connectivity index (χ1n) is 6.58. The molecule has 0 bridgehead atoms. The molecule has 6 heteroatoms. The molecule has 0 heterocycles. The number of hydrogen-bond acceptors (Lipinski definition) is 3. The first-order chi connectivity index (χ1) is 9.58. The number of urea groups is 1. The van der Waals surface area contributed by atoms with Gasteiger partial charge in [-0.15, -0.1) is 11.8 Å². The Kier molecular flexibility index (Phi) is 6.93. The summed E-state index contributed by atoms with van der Waals surface area (Å²) < 4.78 is 0. The lowest BCUT2D eigenvalue weighted by Crippen LogP contribution is -2.46. The summed E-state index contributed by atoms with van der Waals surface area (Å²) in [5.41, 5.74) is 6.01. The van der Waals surface area contributed by atoms with Crippen molar-refractivity contribution in [1.29, 1.82) is 0 Å². The van der Waals surface area contributed by atoms with Gasteiger partial charge in [0.05, 0.1) is 5.69 Å². The predicted octanol–water partition coefficient (Wildman–Crippen LogP) is 2.57. The molecule has 4 N–H and O–H groups in total. The van der Waals surface area contributed by atoms with Gasteiger partial charge in [-0.2, -0.15) is 0 Å². The Labute approximate surface area is 123 Å². The van der Waals surface area contributed by atoms with E-state index in [1.165, 1.54) is 0 Å². The molecule has 0 radical (unpaired) electrons. The standard InChI is InChI=1S/C14H21N3O2S/c1-3-4-7-11(13(15)18)17-14(19)16-10-8-5-6-9-12(10)20-2/h5-6,8-9,11H,3-4,7H2,1-2H3,(H2,15,18)(H2,16,17,19). The SMILES string of the molecule is CCCCC(NC(=O)Nc1ccccc1SC)C(N)=O. The summed E-state index contributed by atoms with van der Waals surface area (Å²) in [5, 5.41) is 5.36. The van der Waals surface area contributed by atoms with Crippen LogP contribution in [0.3, 0.4) is 0 Å². The Morgan fingerprint density at radius 2 is 2.05 bits per heavy atom. The molecule has 0 aliphatic carbocycles. The third-order valence-corrected chi connectivity index (χ3v) is 3.65. The van der Waals surface area contributed by atoms with E-state index < -0.39 is 18.0 Å². The van der Waals surface area contributed by atoms with Crippen molar-refractivity contribution in [3.05, 3.63) is 24.3 Å². The molecule has 5 nitrogen and oxygen atoms in total. The second-order valence-electron chi connectivity index (χ2n) is 4.40. The zero-order valence-corrected chi connectivity index (χ0v) is 12.6. The first kappa shape index (κ1) is 16.4. The van der Waals surface area contributed by atoms with Crippen LogP contribution in [-0.4, -0.2) is 24.2 Å². The molecule has 0 aromatic heterocycles. The second-order valence-corrected chi connectivity index (χ2v) is 5.24. The van der Waals surface area contributed by atoms with E-state index in [9.17, 15) is 9.59 Å². The van der Waals surface area contributed by atoms with Crippen molar-refractivity contribution in [2.75, 3.05) is 11.6 Å². The Morgan fingerprint density at radius 1 is 1.35 bits per heavy atom. The van der Waals surface area contributed by atoms with Gasteiger partial charge in [-0.05, 0) is 24.8 Å². The number of thioether (sulfide) groups is 1. The zero-order valence-electron chi connectivity index (χ0n) is 11.8. The van der Waals surface area contributed by atoms with Crippen molar-refractivity contribution in [1.82, 2.24) is 5.32 Å². The molecule has 110 valence electrons. The number of nitrogens with two attached hydrogens (primary N) is 1. The molecule has 1 aromatic rings. The number of para-hydroxylation sites is 1. The number of benzene rings is 1. The molecule has 1 unspecified atom stereocenters. The third-order valence-electron chi connectivity index (χ3n) is 2.85. The quantitative estimate of drug-likeness (QED) is 0.676. The van der Waals surface area contributed by atoms with Crippen LogP contribution in [0.25, 0.3) is 0 Å². The molecule has 0 aliphatic heterocycles. The second kappa shape index (κ2) is 8.47. The number of amides is 3. The summed E-state index contributed by atoms with van der Waals surface area (Å²) in [6, 6.07) is 6.45. The Balaban J connectivity index is 2.63. The Bertz CT molecular complexity index is 465. The molecular formula is C14H21N3O2S. The molecule has 1 aromatic carbocycles. The van der Waals surface area contributed by atoms with Gasteiger partial charge >= 0.3 is 6.03 Å². The Hall–Kier alpha value is -1.69. The van der Waals surface area contributed by atoms with E-state index >= 15 is 0 Å². The summed E-state index contributed by atoms with van der Waals surface area (Å²) in [7, 11) is 0. The van der Waals surface area contributed by atoms with Crippen LogP contribution in [0.15, 0.2) is 29.2 Å². The average Bonchev–Trinajstić information content (AvgIpc) is 2.43. The van der Waals surface area contributed by atoms with Gasteiger partial charge in [0.2, 0.25) is 5.91 Å². The maximum atomic E-state index is 11.9. The van der Waals surface area contributed by atoms with Crippen LogP contribution >= 0.6 is 11.8 Å². The van der Waals surface area contributed by atoms with E-state index in [-0.39, 0.29) is 0 Å². The lowest BCUT2D eigenvalue weighted by atomic mass is 10.1. The van der Waals surface area contributed by atoms with E-state index in [4.69, 9.17) is 5.73 Å². The lowest BCUT2D eigenvalue weighted by Gasteiger charge is -2.16. The predicted molar refractivity (Wildman–Crippen MR) is 82.9 cm³/mol. The molecule has 0 saturated heterocycles. The molecule has 0 aliphatic rings. The van der Waals surface area contributed by atoms with Crippen LogP contribution in [0.5, 0.6) is 0 Å². The molecule has 0 spiro atoms. The number of unbranched alkanes of at least 4 members (excludes halogenated alkanes) is 1. The maximum Gasteiger partial charge on any atom is 0.319 e. The minimum atomic E-state index is -0.628. The first-order valence-corrected chi connectivity index (χ1v) is 7.80. The van der Waals surface area contributed by atoms with Gasteiger partial charge in [0.15, 0.2) is 0 Å². The summed E-state index contributed by atoms with van der Waals surface area (Å²) in [4.78, 5) is 24.2. The molecule has 0 fully saturated rings. The van der Waals surface area contributed by atoms with Gasteiger partial charge in [-0.25, -0.2) is 4.79 Å². The van der Waals surface area contributed by atoms with Gasteiger partial charge in [-0.3, -0.25) is 4.79 Å². The normalized spacial score (nSPS) is 11.7. The lowest BCUT2D eigenvalue weighted by molar-refractivity contribution is -0.119. The van der Waals surface area contributed by atoms with Crippen molar-refractivity contribution < 1.29 is 9.59 Å². The fourth-order valence-corrected chi connectivity index (χ4v) is 2.31. The zero-order chi connectivity index (χ0) is 15.0. The third kappa shape index (κ3) is 5.13. The smallest absolute Gasteiger partial charge is 0.319 e. The molecule has 1 rings (SSSR count). The number of nitrogens with one attached hydrogen (secondary N) is 2. The van der Waals surface area contributed by atoms with Crippen LogP contribution in [0, 0.1) is 0 Å². The topological polar surface area (TPSA) is 84.2 Å². The van der Waals surface area contributed by atoms with Crippen molar-refractivity contribution in [3.63, 3.8) is 0 Å². The summed E-state index contributed by atoms with van der Waals surface area (Å²) in [6.45, 7) is 2.02. The molecule has 3 amide bonds. The number of carbonyl (C=O) groups is 2. The van der Waals surface area contributed by atoms with Gasteiger partial charge < -0.3 is 16.4 Å². The molecular weight excluding hydrogens is 274 g/mol. The van der Waals surface area contributed by atoms with E-state index in [1.807, 2.05) is 37.4 Å². The number of hydrogen-bond donors (Lipinski definition) is 3. The number of anilines is 1. The van der Waals surface area contributed by atoms with E-state index in [1.54, 1.807) is 11.8 Å². The van der Waals surface area contributed by atoms with E-state index in [2.05, 4.69) is 10.6 Å². The fourth-order valence-electron chi connectivity index (χ4n) is 1.76. The van der Waals surface area contributed by atoms with Gasteiger partial charge in [0.1, 0.15) is 6.04 Å². The maximum absolute atomic E-state index is 11.9. The molecule has 20 heavy (non-hydrogen) atoms. The number of carbonyl (C=O) groups excluding carboxylic acids is 2. The monoisotopic (exact) mass is 295 g/mol. The summed E-state index contributed by atoms with van der Waals surface area (Å²) in [6.07, 6.45) is 4.28. The number of primary amides is 1. The van der Waals surface area contributed by atoms with Crippen LogP contribution in [0.4, 0.5) is 10.5 Å². The molecule has 1 atom stereocenters.